The molecule has 1 heterocycles. The van der Waals surface area contributed by atoms with Crippen LogP contribution in [0.15, 0.2) is 29.3 Å². The number of halogens is 4. The molecule has 8 heteroatoms. The Hall–Kier alpha value is -1.57. The molecule has 1 aliphatic heterocycles. The van der Waals surface area contributed by atoms with Crippen molar-refractivity contribution in [1.82, 2.24) is 5.32 Å². The zero-order valence-corrected chi connectivity index (χ0v) is 14.5. The van der Waals surface area contributed by atoms with Crippen molar-refractivity contribution in [3.63, 3.8) is 0 Å². The van der Waals surface area contributed by atoms with E-state index in [-0.39, 0.29) is 10.7 Å². The first kappa shape index (κ1) is 18.8. The Morgan fingerprint density at radius 3 is 2.29 bits per heavy atom. The van der Waals surface area contributed by atoms with E-state index >= 15 is 0 Å². The Morgan fingerprint density at radius 1 is 1.21 bits per heavy atom. The molecule has 0 saturated carbocycles. The Morgan fingerprint density at radius 2 is 1.79 bits per heavy atom. The molecule has 1 aromatic rings. The number of alkyl halides is 4. The zero-order chi connectivity index (χ0) is 18.3. The molecule has 0 spiro atoms. The molecule has 1 fully saturated rings. The fourth-order valence-corrected chi connectivity index (χ4v) is 3.42. The predicted octanol–water partition coefficient (Wildman–Crippen LogP) is 4.49. The van der Waals surface area contributed by atoms with Gasteiger partial charge in [-0.25, -0.2) is 4.39 Å². The Balaban J connectivity index is 2.33. The maximum absolute atomic E-state index is 14.3. The monoisotopic (exact) mass is 362 g/mol. The average Bonchev–Trinajstić information content (AvgIpc) is 2.73. The number of hydrogen-bond donors (Lipinski definition) is 1. The van der Waals surface area contributed by atoms with Gasteiger partial charge in [0.05, 0.1) is 11.6 Å². The molecule has 1 aliphatic rings. The van der Waals surface area contributed by atoms with Crippen LogP contribution in [0, 0.1) is 0 Å². The maximum Gasteiger partial charge on any atom is 0.416 e. The van der Waals surface area contributed by atoms with Gasteiger partial charge in [-0.3, -0.25) is 9.79 Å². The van der Waals surface area contributed by atoms with Gasteiger partial charge >= 0.3 is 6.18 Å². The predicted molar refractivity (Wildman–Crippen MR) is 86.6 cm³/mol. The number of hydrogen-bond acceptors (Lipinski definition) is 3. The number of carbonyl (C=O) groups is 1. The van der Waals surface area contributed by atoms with E-state index in [0.29, 0.717) is 0 Å². The van der Waals surface area contributed by atoms with Crippen LogP contribution < -0.4 is 5.32 Å². The molecule has 1 unspecified atom stereocenters. The van der Waals surface area contributed by atoms with Crippen molar-refractivity contribution in [3.05, 3.63) is 35.4 Å². The minimum absolute atomic E-state index is 0.000427. The molecule has 0 bridgehead atoms. The molecule has 0 aliphatic carbocycles. The van der Waals surface area contributed by atoms with Crippen LogP contribution in [0.2, 0.25) is 0 Å². The highest BCUT2D eigenvalue weighted by Crippen LogP contribution is 2.43. The number of amides is 1. The summed E-state index contributed by atoms with van der Waals surface area (Å²) in [7, 11) is 0. The SMILES string of the molecule is CC(N=C1NC(=O)[C@](C)(C(C)(C)F)S1)c1ccccc1C(F)(F)F. The van der Waals surface area contributed by atoms with Gasteiger partial charge in [0.25, 0.3) is 0 Å². The lowest BCUT2D eigenvalue weighted by atomic mass is 9.93. The summed E-state index contributed by atoms with van der Waals surface area (Å²) in [4.78, 5) is 16.2. The molecule has 0 aromatic heterocycles. The van der Waals surface area contributed by atoms with E-state index in [4.69, 9.17) is 0 Å². The van der Waals surface area contributed by atoms with Crippen molar-refractivity contribution >= 4 is 22.8 Å². The summed E-state index contributed by atoms with van der Waals surface area (Å²) in [6.07, 6.45) is -4.49. The van der Waals surface area contributed by atoms with Gasteiger partial charge in [0, 0.05) is 0 Å². The molecule has 24 heavy (non-hydrogen) atoms. The minimum Gasteiger partial charge on any atom is -0.304 e. The third-order valence-electron chi connectivity index (χ3n) is 4.12. The molecule has 1 saturated heterocycles. The molecule has 1 amide bonds. The van der Waals surface area contributed by atoms with Crippen molar-refractivity contribution < 1.29 is 22.4 Å². The van der Waals surface area contributed by atoms with Crippen molar-refractivity contribution in [2.45, 2.75) is 50.3 Å². The van der Waals surface area contributed by atoms with Crippen LogP contribution in [0.3, 0.4) is 0 Å². The Bertz CT molecular complexity index is 681. The summed E-state index contributed by atoms with van der Waals surface area (Å²) in [6.45, 7) is 5.51. The third kappa shape index (κ3) is 3.43. The topological polar surface area (TPSA) is 41.5 Å². The smallest absolute Gasteiger partial charge is 0.304 e. The standard InChI is InChI=1S/C16H18F4N2OS/c1-9(10-7-5-6-8-11(10)16(18,19)20)21-13-22-12(23)15(4,24-13)14(2,3)17/h5-9H,1-4H3,(H,21,22,23)/t9?,15-/m1/s1. The number of benzene rings is 1. The highest BCUT2D eigenvalue weighted by Gasteiger charge is 2.54. The second-order valence-corrected chi connectivity index (χ2v) is 7.66. The summed E-state index contributed by atoms with van der Waals surface area (Å²) in [5, 5.41) is 2.59. The van der Waals surface area contributed by atoms with E-state index in [1.54, 1.807) is 0 Å². The number of aliphatic imine (C=N–C) groups is 1. The fourth-order valence-electron chi connectivity index (χ4n) is 2.30. The first-order chi connectivity index (χ1) is 10.9. The van der Waals surface area contributed by atoms with Crippen LogP contribution in [0.1, 0.15) is 44.9 Å². The first-order valence-electron chi connectivity index (χ1n) is 7.29. The fraction of sp³-hybridized carbons (Fsp3) is 0.500. The third-order valence-corrected chi connectivity index (χ3v) is 5.60. The number of rotatable bonds is 3. The van der Waals surface area contributed by atoms with E-state index in [2.05, 4.69) is 10.3 Å². The van der Waals surface area contributed by atoms with Gasteiger partial charge in [0.2, 0.25) is 5.91 Å². The van der Waals surface area contributed by atoms with Crippen molar-refractivity contribution in [3.8, 4) is 0 Å². The molecular weight excluding hydrogens is 344 g/mol. The molecule has 1 N–H and O–H groups in total. The van der Waals surface area contributed by atoms with Gasteiger partial charge in [0.15, 0.2) is 5.17 Å². The van der Waals surface area contributed by atoms with Gasteiger partial charge in [-0.1, -0.05) is 30.0 Å². The van der Waals surface area contributed by atoms with Crippen molar-refractivity contribution in [2.24, 2.45) is 4.99 Å². The van der Waals surface area contributed by atoms with Gasteiger partial charge < -0.3 is 5.32 Å². The van der Waals surface area contributed by atoms with Crippen LogP contribution in [-0.2, 0) is 11.0 Å². The normalized spacial score (nSPS) is 25.0. The maximum atomic E-state index is 14.3. The Labute approximate surface area is 141 Å². The van der Waals surface area contributed by atoms with E-state index in [1.807, 2.05) is 0 Å². The zero-order valence-electron chi connectivity index (χ0n) is 13.7. The highest BCUT2D eigenvalue weighted by molar-refractivity contribution is 8.16. The highest BCUT2D eigenvalue weighted by atomic mass is 32.2. The van der Waals surface area contributed by atoms with Gasteiger partial charge in [-0.05, 0) is 39.3 Å². The summed E-state index contributed by atoms with van der Waals surface area (Å²) >= 11 is 0.897. The minimum atomic E-state index is -4.49. The van der Waals surface area contributed by atoms with Crippen molar-refractivity contribution in [1.29, 1.82) is 0 Å². The largest absolute Gasteiger partial charge is 0.416 e. The molecular formula is C16H18F4N2OS. The number of carbonyl (C=O) groups excluding carboxylic acids is 1. The summed E-state index contributed by atoms with van der Waals surface area (Å²) in [5.41, 5.74) is -2.59. The molecule has 2 rings (SSSR count). The van der Waals surface area contributed by atoms with Gasteiger partial charge in [0.1, 0.15) is 10.4 Å². The van der Waals surface area contributed by atoms with Gasteiger partial charge in [-0.2, -0.15) is 13.2 Å². The number of thioether (sulfide) groups is 1. The van der Waals surface area contributed by atoms with Crippen LogP contribution in [0.4, 0.5) is 17.6 Å². The Kier molecular flexibility index (Phi) is 4.74. The second-order valence-electron chi connectivity index (χ2n) is 6.26. The lowest BCUT2D eigenvalue weighted by molar-refractivity contribution is -0.138. The molecule has 0 radical (unpaired) electrons. The van der Waals surface area contributed by atoms with Crippen LogP contribution >= 0.6 is 11.8 Å². The number of nitrogens with zero attached hydrogens (tertiary/aromatic N) is 1. The molecule has 2 atom stereocenters. The summed E-state index contributed by atoms with van der Waals surface area (Å²) in [6, 6.07) is 4.30. The van der Waals surface area contributed by atoms with Crippen LogP contribution in [0.5, 0.6) is 0 Å². The summed E-state index contributed by atoms with van der Waals surface area (Å²) in [5.74, 6) is -0.546. The van der Waals surface area contributed by atoms with E-state index in [0.717, 1.165) is 17.8 Å². The number of amidine groups is 1. The second kappa shape index (κ2) is 6.06. The quantitative estimate of drug-likeness (QED) is 0.805. The lowest BCUT2D eigenvalue weighted by Gasteiger charge is -2.29. The van der Waals surface area contributed by atoms with E-state index < -0.39 is 34.1 Å². The average molecular weight is 362 g/mol. The summed E-state index contributed by atoms with van der Waals surface area (Å²) < 4.78 is 52.2. The van der Waals surface area contributed by atoms with Gasteiger partial charge in [-0.15, -0.1) is 0 Å². The van der Waals surface area contributed by atoms with Crippen LogP contribution in [-0.4, -0.2) is 21.5 Å². The first-order valence-corrected chi connectivity index (χ1v) is 8.11. The lowest BCUT2D eigenvalue weighted by Crippen LogP contribution is -2.48. The molecule has 3 nitrogen and oxygen atoms in total. The van der Waals surface area contributed by atoms with E-state index in [1.165, 1.54) is 45.9 Å². The van der Waals surface area contributed by atoms with Crippen LogP contribution in [0.25, 0.3) is 0 Å². The molecule has 132 valence electrons. The number of nitrogens with one attached hydrogen (secondary N) is 1. The van der Waals surface area contributed by atoms with Crippen molar-refractivity contribution in [2.75, 3.05) is 0 Å². The van der Waals surface area contributed by atoms with E-state index in [9.17, 15) is 22.4 Å². The molecule has 1 aromatic carbocycles.